The molecular weight excluding hydrogens is 310 g/mol. The van der Waals surface area contributed by atoms with Crippen molar-refractivity contribution in [2.75, 3.05) is 5.32 Å². The summed E-state index contributed by atoms with van der Waals surface area (Å²) in [6, 6.07) is 15.6. The second-order valence-electron chi connectivity index (χ2n) is 6.52. The van der Waals surface area contributed by atoms with Crippen LogP contribution in [0.2, 0.25) is 0 Å². The Balaban J connectivity index is 1.77. The Hall–Kier alpha value is -2.55. The number of ether oxygens (including phenoxy) is 1. The Bertz CT molecular complexity index is 750. The first kappa shape index (κ1) is 17.3. The van der Waals surface area contributed by atoms with E-state index in [0.717, 1.165) is 35.6 Å². The lowest BCUT2D eigenvalue weighted by molar-refractivity contribution is -0.114. The molecule has 25 heavy (non-hydrogen) atoms. The van der Waals surface area contributed by atoms with Crippen molar-refractivity contribution >= 4 is 11.6 Å². The highest BCUT2D eigenvalue weighted by atomic mass is 16.5. The average molecular weight is 335 g/mol. The summed E-state index contributed by atoms with van der Waals surface area (Å²) in [6.45, 7) is 1.54. The van der Waals surface area contributed by atoms with Gasteiger partial charge in [0.2, 0.25) is 5.91 Å². The highest BCUT2D eigenvalue weighted by molar-refractivity contribution is 5.89. The molecule has 0 radical (unpaired) electrons. The number of allylic oxidation sites excluding steroid dienone is 2. The molecule has 2 aromatic carbocycles. The van der Waals surface area contributed by atoms with Gasteiger partial charge in [0.15, 0.2) is 0 Å². The van der Waals surface area contributed by atoms with Crippen LogP contribution < -0.4 is 10.1 Å². The first-order chi connectivity index (χ1) is 12.2. The fourth-order valence-electron chi connectivity index (χ4n) is 3.20. The molecule has 0 atom stereocenters. The number of hydrogen-bond acceptors (Lipinski definition) is 2. The molecule has 1 N–H and O–H groups in total. The SMILES string of the molecule is CC(=O)Nc1ccc(Oc2ccccc2)cc1CCC1=CCCCC1. The molecule has 0 aliphatic heterocycles. The van der Waals surface area contributed by atoms with Crippen LogP contribution in [0.3, 0.4) is 0 Å². The van der Waals surface area contributed by atoms with Crippen LogP contribution in [-0.4, -0.2) is 5.91 Å². The minimum absolute atomic E-state index is 0.0464. The van der Waals surface area contributed by atoms with Gasteiger partial charge < -0.3 is 10.1 Å². The number of anilines is 1. The first-order valence-corrected chi connectivity index (χ1v) is 9.02. The number of rotatable bonds is 6. The molecule has 0 saturated heterocycles. The fraction of sp³-hybridized carbons (Fsp3) is 0.318. The quantitative estimate of drug-likeness (QED) is 0.670. The van der Waals surface area contributed by atoms with Crippen molar-refractivity contribution in [3.05, 3.63) is 65.7 Å². The normalized spacial score (nSPS) is 13.9. The van der Waals surface area contributed by atoms with E-state index in [9.17, 15) is 4.79 Å². The van der Waals surface area contributed by atoms with Gasteiger partial charge >= 0.3 is 0 Å². The minimum atomic E-state index is -0.0464. The lowest BCUT2D eigenvalue weighted by Crippen LogP contribution is -2.08. The van der Waals surface area contributed by atoms with E-state index in [1.807, 2.05) is 48.5 Å². The average Bonchev–Trinajstić information content (AvgIpc) is 2.63. The Morgan fingerprint density at radius 3 is 2.60 bits per heavy atom. The fourth-order valence-corrected chi connectivity index (χ4v) is 3.20. The van der Waals surface area contributed by atoms with Crippen LogP contribution in [-0.2, 0) is 11.2 Å². The van der Waals surface area contributed by atoms with Crippen LogP contribution in [0.5, 0.6) is 11.5 Å². The van der Waals surface area contributed by atoms with Crippen molar-refractivity contribution in [1.82, 2.24) is 0 Å². The highest BCUT2D eigenvalue weighted by Crippen LogP contribution is 2.29. The van der Waals surface area contributed by atoms with Gasteiger partial charge in [0, 0.05) is 12.6 Å². The lowest BCUT2D eigenvalue weighted by atomic mass is 9.94. The summed E-state index contributed by atoms with van der Waals surface area (Å²) >= 11 is 0. The Morgan fingerprint density at radius 2 is 1.88 bits per heavy atom. The van der Waals surface area contributed by atoms with Gasteiger partial charge in [-0.25, -0.2) is 0 Å². The molecule has 0 bridgehead atoms. The van der Waals surface area contributed by atoms with Crippen molar-refractivity contribution in [2.24, 2.45) is 0 Å². The van der Waals surface area contributed by atoms with Gasteiger partial charge in [-0.2, -0.15) is 0 Å². The second-order valence-corrected chi connectivity index (χ2v) is 6.52. The van der Waals surface area contributed by atoms with E-state index in [-0.39, 0.29) is 5.91 Å². The minimum Gasteiger partial charge on any atom is -0.457 e. The van der Waals surface area contributed by atoms with E-state index < -0.39 is 0 Å². The van der Waals surface area contributed by atoms with Crippen LogP contribution in [0.4, 0.5) is 5.69 Å². The third-order valence-electron chi connectivity index (χ3n) is 4.47. The summed E-state index contributed by atoms with van der Waals surface area (Å²) in [5.41, 5.74) is 3.54. The standard InChI is InChI=1S/C22H25NO2/c1-17(24)23-22-15-14-21(25-20-10-6-3-7-11-20)16-19(22)13-12-18-8-4-2-5-9-18/h3,6-8,10-11,14-16H,2,4-5,9,12-13H2,1H3,(H,23,24). The molecule has 3 nitrogen and oxygen atoms in total. The maximum Gasteiger partial charge on any atom is 0.221 e. The number of benzene rings is 2. The van der Waals surface area contributed by atoms with Crippen LogP contribution in [0.25, 0.3) is 0 Å². The lowest BCUT2D eigenvalue weighted by Gasteiger charge is -2.16. The van der Waals surface area contributed by atoms with Crippen LogP contribution in [0, 0.1) is 0 Å². The van der Waals surface area contributed by atoms with Gasteiger partial charge in [-0.05, 0) is 74.4 Å². The third kappa shape index (κ3) is 5.21. The molecule has 0 heterocycles. The summed E-state index contributed by atoms with van der Waals surface area (Å²) in [4.78, 5) is 11.5. The predicted octanol–water partition coefficient (Wildman–Crippen LogP) is 5.87. The molecule has 0 aromatic heterocycles. The molecule has 0 saturated carbocycles. The van der Waals surface area contributed by atoms with E-state index >= 15 is 0 Å². The maximum atomic E-state index is 11.5. The number of para-hydroxylation sites is 1. The summed E-state index contributed by atoms with van der Waals surface area (Å²) in [5, 5.41) is 2.94. The highest BCUT2D eigenvalue weighted by Gasteiger charge is 2.10. The van der Waals surface area contributed by atoms with Crippen molar-refractivity contribution in [2.45, 2.75) is 45.4 Å². The topological polar surface area (TPSA) is 38.3 Å². The molecule has 0 unspecified atom stereocenters. The van der Waals surface area contributed by atoms with E-state index in [1.54, 1.807) is 6.92 Å². The van der Waals surface area contributed by atoms with Gasteiger partial charge in [-0.1, -0.05) is 29.8 Å². The van der Waals surface area contributed by atoms with Gasteiger partial charge in [-0.15, -0.1) is 0 Å². The Morgan fingerprint density at radius 1 is 1.04 bits per heavy atom. The molecule has 130 valence electrons. The molecule has 1 amide bonds. The predicted molar refractivity (Wildman–Crippen MR) is 102 cm³/mol. The number of aryl methyl sites for hydroxylation is 1. The zero-order chi connectivity index (χ0) is 17.5. The molecule has 0 fully saturated rings. The van der Waals surface area contributed by atoms with E-state index in [2.05, 4.69) is 11.4 Å². The Kier molecular flexibility index (Phi) is 5.89. The molecule has 1 aliphatic carbocycles. The smallest absolute Gasteiger partial charge is 0.221 e. The molecule has 2 aromatic rings. The van der Waals surface area contributed by atoms with Crippen molar-refractivity contribution in [1.29, 1.82) is 0 Å². The Labute approximate surface area is 149 Å². The monoisotopic (exact) mass is 335 g/mol. The molecule has 1 aliphatic rings. The molecular formula is C22H25NO2. The zero-order valence-electron chi connectivity index (χ0n) is 14.8. The number of carbonyl (C=O) groups excluding carboxylic acids is 1. The van der Waals surface area contributed by atoms with E-state index in [1.165, 1.54) is 31.3 Å². The largest absolute Gasteiger partial charge is 0.457 e. The van der Waals surface area contributed by atoms with Gasteiger partial charge in [0.25, 0.3) is 0 Å². The summed E-state index contributed by atoms with van der Waals surface area (Å²) < 4.78 is 5.94. The van der Waals surface area contributed by atoms with E-state index in [0.29, 0.717) is 0 Å². The van der Waals surface area contributed by atoms with Crippen molar-refractivity contribution < 1.29 is 9.53 Å². The van der Waals surface area contributed by atoms with Crippen LogP contribution in [0.1, 0.15) is 44.6 Å². The number of hydrogen-bond donors (Lipinski definition) is 1. The van der Waals surface area contributed by atoms with Gasteiger partial charge in [0.05, 0.1) is 0 Å². The van der Waals surface area contributed by atoms with Crippen LogP contribution in [0.15, 0.2) is 60.2 Å². The van der Waals surface area contributed by atoms with Crippen LogP contribution >= 0.6 is 0 Å². The molecule has 0 spiro atoms. The molecule has 3 rings (SSSR count). The van der Waals surface area contributed by atoms with Crippen molar-refractivity contribution in [3.63, 3.8) is 0 Å². The zero-order valence-corrected chi connectivity index (χ0v) is 14.8. The third-order valence-corrected chi connectivity index (χ3v) is 4.47. The molecule has 3 heteroatoms. The van der Waals surface area contributed by atoms with Gasteiger partial charge in [-0.3, -0.25) is 4.79 Å². The summed E-state index contributed by atoms with van der Waals surface area (Å²) in [7, 11) is 0. The summed E-state index contributed by atoms with van der Waals surface area (Å²) in [5.74, 6) is 1.57. The maximum absolute atomic E-state index is 11.5. The number of amides is 1. The van der Waals surface area contributed by atoms with Gasteiger partial charge in [0.1, 0.15) is 11.5 Å². The first-order valence-electron chi connectivity index (χ1n) is 9.02. The van der Waals surface area contributed by atoms with E-state index in [4.69, 9.17) is 4.74 Å². The number of nitrogens with one attached hydrogen (secondary N) is 1. The second kappa shape index (κ2) is 8.52. The summed E-state index contributed by atoms with van der Waals surface area (Å²) in [6.07, 6.45) is 9.34. The van der Waals surface area contributed by atoms with Crippen molar-refractivity contribution in [3.8, 4) is 11.5 Å². The number of carbonyl (C=O) groups is 1.